The van der Waals surface area contributed by atoms with Crippen molar-refractivity contribution < 1.29 is 14.0 Å². The van der Waals surface area contributed by atoms with Gasteiger partial charge < -0.3 is 10.6 Å². The van der Waals surface area contributed by atoms with Crippen molar-refractivity contribution in [2.75, 3.05) is 10.6 Å². The lowest BCUT2D eigenvalue weighted by Crippen LogP contribution is -2.25. The molecule has 1 aromatic rings. The molecule has 5 heteroatoms. The molecular formula is C20H25FN2O2. The zero-order chi connectivity index (χ0) is 17.6. The molecule has 2 N–H and O–H groups in total. The molecule has 0 aromatic heterocycles. The lowest BCUT2D eigenvalue weighted by Gasteiger charge is -2.21. The lowest BCUT2D eigenvalue weighted by molar-refractivity contribution is -0.120. The molecule has 4 nitrogen and oxygen atoms in total. The molecule has 25 heavy (non-hydrogen) atoms. The quantitative estimate of drug-likeness (QED) is 0.765. The monoisotopic (exact) mass is 344 g/mol. The SMILES string of the molecule is O=C(C[C@H]1C=CCC1)Nc1ccc(F)c(NC(=O)C2CCCCC2)c1. The van der Waals surface area contributed by atoms with Crippen LogP contribution in [-0.2, 0) is 9.59 Å². The number of nitrogens with one attached hydrogen (secondary N) is 2. The molecule has 3 rings (SSSR count). The smallest absolute Gasteiger partial charge is 0.227 e. The molecule has 1 aromatic carbocycles. The van der Waals surface area contributed by atoms with Gasteiger partial charge in [-0.2, -0.15) is 0 Å². The van der Waals surface area contributed by atoms with Crippen molar-refractivity contribution in [3.8, 4) is 0 Å². The molecule has 0 bridgehead atoms. The van der Waals surface area contributed by atoms with E-state index in [0.717, 1.165) is 44.9 Å². The van der Waals surface area contributed by atoms with E-state index in [1.165, 1.54) is 18.2 Å². The van der Waals surface area contributed by atoms with Gasteiger partial charge in [0.1, 0.15) is 5.82 Å². The van der Waals surface area contributed by atoms with E-state index in [4.69, 9.17) is 0 Å². The molecule has 0 radical (unpaired) electrons. The summed E-state index contributed by atoms with van der Waals surface area (Å²) in [7, 11) is 0. The van der Waals surface area contributed by atoms with Gasteiger partial charge in [-0.3, -0.25) is 9.59 Å². The first-order valence-electron chi connectivity index (χ1n) is 9.19. The van der Waals surface area contributed by atoms with Crippen molar-refractivity contribution in [1.29, 1.82) is 0 Å². The third-order valence-corrected chi connectivity index (χ3v) is 5.04. The van der Waals surface area contributed by atoms with Gasteiger partial charge in [0, 0.05) is 18.0 Å². The number of allylic oxidation sites excluding steroid dienone is 2. The van der Waals surface area contributed by atoms with Crippen molar-refractivity contribution in [2.24, 2.45) is 11.8 Å². The molecule has 0 spiro atoms. The summed E-state index contributed by atoms with van der Waals surface area (Å²) in [5.41, 5.74) is 0.640. The number of amides is 2. The number of anilines is 2. The van der Waals surface area contributed by atoms with Crippen LogP contribution in [0.1, 0.15) is 51.4 Å². The largest absolute Gasteiger partial charge is 0.326 e. The van der Waals surface area contributed by atoms with Crippen molar-refractivity contribution >= 4 is 23.2 Å². The van der Waals surface area contributed by atoms with Crippen LogP contribution >= 0.6 is 0 Å². The number of hydrogen-bond acceptors (Lipinski definition) is 2. The van der Waals surface area contributed by atoms with Gasteiger partial charge in [-0.1, -0.05) is 31.4 Å². The number of carbonyl (C=O) groups excluding carboxylic acids is 2. The topological polar surface area (TPSA) is 58.2 Å². The van der Waals surface area contributed by atoms with Gasteiger partial charge in [0.2, 0.25) is 11.8 Å². The summed E-state index contributed by atoms with van der Waals surface area (Å²) in [6, 6.07) is 4.30. The molecule has 134 valence electrons. The third-order valence-electron chi connectivity index (χ3n) is 5.04. The summed E-state index contributed by atoms with van der Waals surface area (Å²) < 4.78 is 14.0. The van der Waals surface area contributed by atoms with Gasteiger partial charge in [-0.05, 0) is 49.8 Å². The highest BCUT2D eigenvalue weighted by molar-refractivity contribution is 5.95. The molecule has 1 fully saturated rings. The predicted octanol–water partition coefficient (Wildman–Crippen LogP) is 4.64. The molecule has 1 saturated carbocycles. The van der Waals surface area contributed by atoms with Crippen LogP contribution in [0.5, 0.6) is 0 Å². The summed E-state index contributed by atoms with van der Waals surface area (Å²) in [6.07, 6.45) is 11.6. The van der Waals surface area contributed by atoms with E-state index in [0.29, 0.717) is 12.1 Å². The van der Waals surface area contributed by atoms with Gasteiger partial charge in [0.15, 0.2) is 0 Å². The summed E-state index contributed by atoms with van der Waals surface area (Å²) >= 11 is 0. The van der Waals surface area contributed by atoms with Crippen molar-refractivity contribution in [3.05, 3.63) is 36.2 Å². The molecule has 0 unspecified atom stereocenters. The lowest BCUT2D eigenvalue weighted by atomic mass is 9.88. The van der Waals surface area contributed by atoms with E-state index in [1.807, 2.05) is 0 Å². The van der Waals surface area contributed by atoms with Crippen LogP contribution in [0.15, 0.2) is 30.4 Å². The highest BCUT2D eigenvalue weighted by Crippen LogP contribution is 2.27. The Morgan fingerprint density at radius 1 is 1.08 bits per heavy atom. The van der Waals surface area contributed by atoms with E-state index in [9.17, 15) is 14.0 Å². The number of halogens is 1. The minimum atomic E-state index is -0.485. The fraction of sp³-hybridized carbons (Fsp3) is 0.500. The number of carbonyl (C=O) groups is 2. The molecule has 0 heterocycles. The average Bonchev–Trinajstić information content (AvgIpc) is 3.11. The number of benzene rings is 1. The second kappa shape index (κ2) is 8.28. The van der Waals surface area contributed by atoms with E-state index in [2.05, 4.69) is 22.8 Å². The van der Waals surface area contributed by atoms with Gasteiger partial charge in [0.25, 0.3) is 0 Å². The van der Waals surface area contributed by atoms with E-state index in [1.54, 1.807) is 0 Å². The molecule has 2 aliphatic carbocycles. The van der Waals surface area contributed by atoms with Gasteiger partial charge in [0.05, 0.1) is 5.69 Å². The third kappa shape index (κ3) is 4.91. The first-order chi connectivity index (χ1) is 12.1. The Bertz CT molecular complexity index is 666. The Morgan fingerprint density at radius 3 is 2.60 bits per heavy atom. The molecule has 0 saturated heterocycles. The molecule has 2 aliphatic rings. The minimum Gasteiger partial charge on any atom is -0.326 e. The van der Waals surface area contributed by atoms with Crippen LogP contribution in [0.4, 0.5) is 15.8 Å². The van der Waals surface area contributed by atoms with Crippen LogP contribution < -0.4 is 10.6 Å². The number of rotatable bonds is 5. The first kappa shape index (κ1) is 17.6. The highest BCUT2D eigenvalue weighted by atomic mass is 19.1. The molecule has 2 amide bonds. The van der Waals surface area contributed by atoms with E-state index in [-0.39, 0.29) is 29.3 Å². The van der Waals surface area contributed by atoms with E-state index >= 15 is 0 Å². The second-order valence-electron chi connectivity index (χ2n) is 7.04. The Kier molecular flexibility index (Phi) is 5.84. The summed E-state index contributed by atoms with van der Waals surface area (Å²) in [5, 5.41) is 5.49. The Labute approximate surface area is 147 Å². The fourth-order valence-corrected chi connectivity index (χ4v) is 3.61. The van der Waals surface area contributed by atoms with Crippen LogP contribution in [0.3, 0.4) is 0 Å². The zero-order valence-electron chi connectivity index (χ0n) is 14.4. The summed E-state index contributed by atoms with van der Waals surface area (Å²) in [4.78, 5) is 24.4. The van der Waals surface area contributed by atoms with Crippen LogP contribution in [0, 0.1) is 17.7 Å². The van der Waals surface area contributed by atoms with Gasteiger partial charge in [-0.25, -0.2) is 4.39 Å². The van der Waals surface area contributed by atoms with Crippen LogP contribution in [0.2, 0.25) is 0 Å². The van der Waals surface area contributed by atoms with Crippen LogP contribution in [-0.4, -0.2) is 11.8 Å². The Balaban J connectivity index is 1.60. The molecular weight excluding hydrogens is 319 g/mol. The Morgan fingerprint density at radius 2 is 1.88 bits per heavy atom. The first-order valence-corrected chi connectivity index (χ1v) is 9.19. The van der Waals surface area contributed by atoms with Crippen molar-refractivity contribution in [1.82, 2.24) is 0 Å². The van der Waals surface area contributed by atoms with Crippen molar-refractivity contribution in [2.45, 2.75) is 51.4 Å². The maximum Gasteiger partial charge on any atom is 0.227 e. The van der Waals surface area contributed by atoms with Gasteiger partial charge in [-0.15, -0.1) is 0 Å². The number of hydrogen-bond donors (Lipinski definition) is 2. The molecule has 0 aliphatic heterocycles. The fourth-order valence-electron chi connectivity index (χ4n) is 3.61. The standard InChI is InChI=1S/C20H25FN2O2/c21-17-11-10-16(22-19(24)12-14-6-4-5-7-14)13-18(17)23-20(25)15-8-2-1-3-9-15/h4,6,10-11,13-15H,1-3,5,7-9,12H2,(H,22,24)(H,23,25)/t14-/m0/s1. The summed E-state index contributed by atoms with van der Waals surface area (Å²) in [5.74, 6) is -0.460. The summed E-state index contributed by atoms with van der Waals surface area (Å²) in [6.45, 7) is 0. The second-order valence-corrected chi connectivity index (χ2v) is 7.04. The zero-order valence-corrected chi connectivity index (χ0v) is 14.4. The van der Waals surface area contributed by atoms with Crippen molar-refractivity contribution in [3.63, 3.8) is 0 Å². The predicted molar refractivity (Wildman–Crippen MR) is 96.7 cm³/mol. The maximum atomic E-state index is 14.0. The minimum absolute atomic E-state index is 0.0412. The Hall–Kier alpha value is -2.17. The normalized spacial score (nSPS) is 20.4. The van der Waals surface area contributed by atoms with Crippen LogP contribution in [0.25, 0.3) is 0 Å². The maximum absolute atomic E-state index is 14.0. The highest BCUT2D eigenvalue weighted by Gasteiger charge is 2.22. The van der Waals surface area contributed by atoms with Gasteiger partial charge >= 0.3 is 0 Å². The average molecular weight is 344 g/mol. The molecule has 1 atom stereocenters. The van der Waals surface area contributed by atoms with E-state index < -0.39 is 5.82 Å².